The van der Waals surface area contributed by atoms with Gasteiger partial charge in [0.2, 0.25) is 5.09 Å². The molecular formula is C20H13ClF2N2O5S2. The average Bonchev–Trinajstić information content (AvgIpc) is 3.17. The normalized spacial score (nSPS) is 12.1. The third-order valence-electron chi connectivity index (χ3n) is 4.32. The first-order valence-electron chi connectivity index (χ1n) is 8.84. The zero-order valence-electron chi connectivity index (χ0n) is 15.8. The molecule has 0 spiro atoms. The van der Waals surface area contributed by atoms with Crippen LogP contribution < -0.4 is 9.44 Å². The summed E-state index contributed by atoms with van der Waals surface area (Å²) in [7, 11) is -8.90. The van der Waals surface area contributed by atoms with Crippen molar-refractivity contribution in [3.63, 3.8) is 0 Å². The van der Waals surface area contributed by atoms with E-state index in [9.17, 15) is 25.6 Å². The molecule has 12 heteroatoms. The lowest BCUT2D eigenvalue weighted by Crippen LogP contribution is -2.18. The molecule has 0 fully saturated rings. The average molecular weight is 499 g/mol. The summed E-state index contributed by atoms with van der Waals surface area (Å²) in [6.07, 6.45) is 0. The molecular weight excluding hydrogens is 486 g/mol. The Kier molecular flexibility index (Phi) is 5.57. The van der Waals surface area contributed by atoms with Gasteiger partial charge in [0.1, 0.15) is 22.1 Å². The van der Waals surface area contributed by atoms with Crippen LogP contribution in [0.1, 0.15) is 0 Å². The molecule has 4 aromatic rings. The van der Waals surface area contributed by atoms with Gasteiger partial charge in [-0.1, -0.05) is 29.8 Å². The molecule has 32 heavy (non-hydrogen) atoms. The van der Waals surface area contributed by atoms with Gasteiger partial charge in [0.25, 0.3) is 20.0 Å². The van der Waals surface area contributed by atoms with Gasteiger partial charge in [-0.05, 0) is 42.5 Å². The number of hydrogen-bond acceptors (Lipinski definition) is 5. The van der Waals surface area contributed by atoms with Crippen LogP contribution in [0, 0.1) is 11.6 Å². The Morgan fingerprint density at radius 2 is 1.50 bits per heavy atom. The van der Waals surface area contributed by atoms with Crippen molar-refractivity contribution in [3.8, 4) is 0 Å². The van der Waals surface area contributed by atoms with Gasteiger partial charge in [-0.25, -0.2) is 17.2 Å². The van der Waals surface area contributed by atoms with Gasteiger partial charge in [0.15, 0.2) is 0 Å². The SMILES string of the molecule is O=S(=O)(Nc1cc(Cl)ccc1NS(=O)(=O)c1cc(F)ccc1F)c1cc2ccccc2o1. The molecule has 0 aliphatic carbocycles. The second-order valence-electron chi connectivity index (χ2n) is 6.58. The van der Waals surface area contributed by atoms with Crippen LogP contribution in [0.25, 0.3) is 11.0 Å². The molecule has 0 saturated heterocycles. The van der Waals surface area contributed by atoms with Gasteiger partial charge < -0.3 is 4.42 Å². The maximum absolute atomic E-state index is 14.0. The molecule has 4 rings (SSSR count). The maximum atomic E-state index is 14.0. The number of sulfonamides is 2. The first kappa shape index (κ1) is 22.1. The minimum absolute atomic E-state index is 0.0900. The van der Waals surface area contributed by atoms with Crippen LogP contribution >= 0.6 is 11.6 Å². The second-order valence-corrected chi connectivity index (χ2v) is 10.3. The number of nitrogens with one attached hydrogen (secondary N) is 2. The van der Waals surface area contributed by atoms with Gasteiger partial charge in [0.05, 0.1) is 11.4 Å². The van der Waals surface area contributed by atoms with E-state index in [0.717, 1.165) is 12.1 Å². The van der Waals surface area contributed by atoms with E-state index in [-0.39, 0.29) is 16.4 Å². The van der Waals surface area contributed by atoms with E-state index in [4.69, 9.17) is 16.0 Å². The fraction of sp³-hybridized carbons (Fsp3) is 0. The molecule has 0 bridgehead atoms. The monoisotopic (exact) mass is 498 g/mol. The van der Waals surface area contributed by atoms with Crippen molar-refractivity contribution in [1.29, 1.82) is 0 Å². The molecule has 0 radical (unpaired) electrons. The quantitative estimate of drug-likeness (QED) is 0.390. The fourth-order valence-corrected chi connectivity index (χ4v) is 5.24. The summed E-state index contributed by atoms with van der Waals surface area (Å²) < 4.78 is 88.0. The smallest absolute Gasteiger partial charge is 0.295 e. The summed E-state index contributed by atoms with van der Waals surface area (Å²) in [5, 5.41) is 0.220. The van der Waals surface area contributed by atoms with E-state index >= 15 is 0 Å². The van der Waals surface area contributed by atoms with Crippen LogP contribution in [-0.4, -0.2) is 16.8 Å². The Hall–Kier alpha value is -3.15. The number of hydrogen-bond donors (Lipinski definition) is 2. The Balaban J connectivity index is 1.71. The first-order valence-corrected chi connectivity index (χ1v) is 12.2. The summed E-state index contributed by atoms with van der Waals surface area (Å²) >= 11 is 5.95. The van der Waals surface area contributed by atoms with Crippen LogP contribution in [0.4, 0.5) is 20.2 Å². The standard InChI is InChI=1S/C20H13ClF2N2O5S2/c21-13-5-8-16(24-31(26,27)19-11-14(22)6-7-15(19)23)17(10-13)25-32(28,29)20-9-12-3-1-2-4-18(12)30-20/h1-11,24-25H. The number of benzene rings is 3. The molecule has 0 unspecified atom stereocenters. The predicted molar refractivity (Wildman–Crippen MR) is 116 cm³/mol. The molecule has 0 atom stereocenters. The highest BCUT2D eigenvalue weighted by Crippen LogP contribution is 2.32. The summed E-state index contributed by atoms with van der Waals surface area (Å²) in [4.78, 5) is -0.946. The molecule has 1 aromatic heterocycles. The third kappa shape index (κ3) is 4.40. The van der Waals surface area contributed by atoms with Gasteiger partial charge in [-0.3, -0.25) is 9.44 Å². The Morgan fingerprint density at radius 3 is 2.25 bits per heavy atom. The van der Waals surface area contributed by atoms with Crippen LogP contribution in [0.15, 0.2) is 81.1 Å². The minimum atomic E-state index is -4.61. The zero-order valence-corrected chi connectivity index (χ0v) is 18.2. The number of halogens is 3. The summed E-state index contributed by atoms with van der Waals surface area (Å²) in [6, 6.07) is 13.5. The molecule has 0 aliphatic heterocycles. The number of furan rings is 1. The fourth-order valence-electron chi connectivity index (χ4n) is 2.86. The molecule has 166 valence electrons. The van der Waals surface area contributed by atoms with Crippen LogP contribution in [0.5, 0.6) is 0 Å². The second kappa shape index (κ2) is 8.08. The molecule has 0 aliphatic rings. The van der Waals surface area contributed by atoms with E-state index in [1.807, 2.05) is 4.72 Å². The van der Waals surface area contributed by atoms with Crippen LogP contribution in [-0.2, 0) is 20.0 Å². The van der Waals surface area contributed by atoms with Gasteiger partial charge >= 0.3 is 0 Å². The Bertz CT molecular complexity index is 1520. The summed E-state index contributed by atoms with van der Waals surface area (Å²) in [6.45, 7) is 0. The third-order valence-corrected chi connectivity index (χ3v) is 7.16. The zero-order chi connectivity index (χ0) is 23.1. The maximum Gasteiger partial charge on any atom is 0.295 e. The van der Waals surface area contributed by atoms with Crippen molar-refractivity contribution >= 4 is 54.0 Å². The first-order chi connectivity index (χ1) is 15.0. The number of anilines is 2. The summed E-state index contributed by atoms with van der Waals surface area (Å²) in [5.74, 6) is -2.15. The van der Waals surface area contributed by atoms with Crippen molar-refractivity contribution in [2.75, 3.05) is 9.44 Å². The predicted octanol–water partition coefficient (Wildman–Crippen LogP) is 4.97. The number of fused-ring (bicyclic) bond motifs is 1. The van der Waals surface area contributed by atoms with E-state index in [1.165, 1.54) is 18.2 Å². The van der Waals surface area contributed by atoms with E-state index in [1.54, 1.807) is 24.3 Å². The highest BCUT2D eigenvalue weighted by atomic mass is 35.5. The van der Waals surface area contributed by atoms with Gasteiger partial charge in [-0.2, -0.15) is 8.42 Å². The Morgan fingerprint density at radius 1 is 0.781 bits per heavy atom. The van der Waals surface area contributed by atoms with Crippen molar-refractivity contribution in [1.82, 2.24) is 0 Å². The van der Waals surface area contributed by atoms with E-state index in [2.05, 4.69) is 4.72 Å². The van der Waals surface area contributed by atoms with Gasteiger partial charge in [0, 0.05) is 16.5 Å². The molecule has 0 saturated carbocycles. The van der Waals surface area contributed by atoms with Crippen molar-refractivity contribution in [2.24, 2.45) is 0 Å². The molecule has 0 amide bonds. The Labute approximate surface area is 186 Å². The van der Waals surface area contributed by atoms with E-state index in [0.29, 0.717) is 23.1 Å². The lowest BCUT2D eigenvalue weighted by Gasteiger charge is -2.14. The van der Waals surface area contributed by atoms with Crippen molar-refractivity contribution in [3.05, 3.63) is 83.4 Å². The van der Waals surface area contributed by atoms with Crippen LogP contribution in [0.2, 0.25) is 5.02 Å². The van der Waals surface area contributed by atoms with Crippen molar-refractivity contribution < 1.29 is 30.0 Å². The molecule has 1 heterocycles. The largest absolute Gasteiger partial charge is 0.443 e. The highest BCUT2D eigenvalue weighted by Gasteiger charge is 2.25. The topological polar surface area (TPSA) is 105 Å². The van der Waals surface area contributed by atoms with Crippen molar-refractivity contribution in [2.45, 2.75) is 9.99 Å². The van der Waals surface area contributed by atoms with E-state index < -0.39 is 41.7 Å². The highest BCUT2D eigenvalue weighted by molar-refractivity contribution is 7.93. The van der Waals surface area contributed by atoms with Crippen LogP contribution in [0.3, 0.4) is 0 Å². The lowest BCUT2D eigenvalue weighted by molar-refractivity contribution is 0.484. The molecule has 2 N–H and O–H groups in total. The molecule has 3 aromatic carbocycles. The lowest BCUT2D eigenvalue weighted by atomic mass is 10.3. The number of para-hydroxylation sites is 1. The molecule has 7 nitrogen and oxygen atoms in total. The minimum Gasteiger partial charge on any atom is -0.443 e. The number of rotatable bonds is 6. The van der Waals surface area contributed by atoms with Gasteiger partial charge in [-0.15, -0.1) is 0 Å². The summed E-state index contributed by atoms with van der Waals surface area (Å²) in [5.41, 5.74) is -0.183.